The van der Waals surface area contributed by atoms with Gasteiger partial charge in [0.25, 0.3) is 0 Å². The Morgan fingerprint density at radius 2 is 1.70 bits per heavy atom. The maximum Gasteiger partial charge on any atom is 0.401 e. The summed E-state index contributed by atoms with van der Waals surface area (Å²) in [5, 5.41) is 3.72. The normalized spacial score (nSPS) is 33.8. The van der Waals surface area contributed by atoms with E-state index in [1.807, 2.05) is 0 Å². The molecule has 0 aliphatic carbocycles. The van der Waals surface area contributed by atoms with Gasteiger partial charge in [-0.3, -0.25) is 9.80 Å². The van der Waals surface area contributed by atoms with Crippen molar-refractivity contribution in [1.29, 1.82) is 0 Å². The summed E-state index contributed by atoms with van der Waals surface area (Å²) in [4.78, 5) is 4.10. The van der Waals surface area contributed by atoms with Crippen molar-refractivity contribution in [2.24, 2.45) is 0 Å². The lowest BCUT2D eigenvalue weighted by atomic mass is 10.0. The van der Waals surface area contributed by atoms with E-state index in [2.05, 4.69) is 10.2 Å². The molecule has 20 heavy (non-hydrogen) atoms. The molecule has 3 aliphatic heterocycles. The van der Waals surface area contributed by atoms with Crippen LogP contribution in [0.3, 0.4) is 0 Å². The van der Waals surface area contributed by atoms with Crippen molar-refractivity contribution < 1.29 is 13.2 Å². The van der Waals surface area contributed by atoms with Crippen molar-refractivity contribution in [3.8, 4) is 0 Å². The number of piperidine rings is 1. The molecule has 3 heterocycles. The van der Waals surface area contributed by atoms with Gasteiger partial charge in [-0.15, -0.1) is 0 Å². The summed E-state index contributed by atoms with van der Waals surface area (Å²) in [5.41, 5.74) is 0. The lowest BCUT2D eigenvalue weighted by molar-refractivity contribution is -0.148. The summed E-state index contributed by atoms with van der Waals surface area (Å²) in [6.07, 6.45) is 1.42. The zero-order chi connectivity index (χ0) is 14.2. The number of likely N-dealkylation sites (tertiary alicyclic amines) is 1. The Morgan fingerprint density at radius 1 is 0.950 bits per heavy atom. The maximum atomic E-state index is 12.3. The minimum Gasteiger partial charge on any atom is -0.310 e. The molecule has 3 fully saturated rings. The fraction of sp³-hybridized carbons (Fsp3) is 1.00. The Morgan fingerprint density at radius 3 is 2.40 bits per heavy atom. The van der Waals surface area contributed by atoms with Crippen LogP contribution in [0.4, 0.5) is 13.2 Å². The molecule has 3 aliphatic rings. The largest absolute Gasteiger partial charge is 0.401 e. The summed E-state index contributed by atoms with van der Waals surface area (Å²) < 4.78 is 37.0. The van der Waals surface area contributed by atoms with Crippen LogP contribution in [-0.4, -0.2) is 66.8 Å². The summed E-state index contributed by atoms with van der Waals surface area (Å²) >= 11 is 0. The van der Waals surface area contributed by atoms with Crippen molar-refractivity contribution in [2.75, 3.05) is 32.7 Å². The Balaban J connectivity index is 1.42. The number of rotatable bonds is 3. The average Bonchev–Trinajstić information content (AvgIpc) is 2.94. The van der Waals surface area contributed by atoms with Crippen LogP contribution in [0.15, 0.2) is 0 Å². The van der Waals surface area contributed by atoms with Crippen LogP contribution >= 0.6 is 0 Å². The Hall–Kier alpha value is -0.330. The van der Waals surface area contributed by atoms with Gasteiger partial charge in [-0.25, -0.2) is 0 Å². The third kappa shape index (κ3) is 3.46. The number of fused-ring (bicyclic) bond motifs is 1. The molecule has 3 saturated heterocycles. The van der Waals surface area contributed by atoms with Crippen LogP contribution in [0.5, 0.6) is 0 Å². The molecule has 3 nitrogen and oxygen atoms in total. The van der Waals surface area contributed by atoms with E-state index in [1.54, 1.807) is 0 Å². The third-order valence-electron chi connectivity index (χ3n) is 5.05. The van der Waals surface area contributed by atoms with Gasteiger partial charge in [0.2, 0.25) is 0 Å². The number of halogens is 3. The second-order valence-corrected chi connectivity index (χ2v) is 6.47. The van der Waals surface area contributed by atoms with Crippen LogP contribution in [0.2, 0.25) is 0 Å². The molecular formula is C14H24F3N3. The number of alkyl halides is 3. The topological polar surface area (TPSA) is 18.5 Å². The molecule has 0 radical (unpaired) electrons. The SMILES string of the molecule is FC(F)(F)CN1CCC(NC2CCN3CCCC23)CC1. The Labute approximate surface area is 118 Å². The van der Waals surface area contributed by atoms with Gasteiger partial charge in [0, 0.05) is 24.7 Å². The van der Waals surface area contributed by atoms with Crippen LogP contribution < -0.4 is 5.32 Å². The first-order chi connectivity index (χ1) is 9.51. The van der Waals surface area contributed by atoms with Gasteiger partial charge in [-0.05, 0) is 51.7 Å². The second-order valence-electron chi connectivity index (χ2n) is 6.47. The molecule has 0 bridgehead atoms. The standard InChI is InChI=1S/C14H24F3N3/c15-14(16,17)10-19-7-3-11(4-8-19)18-12-5-9-20-6-1-2-13(12)20/h11-13,18H,1-10H2. The van der Waals surface area contributed by atoms with E-state index in [0.29, 0.717) is 31.2 Å². The number of nitrogens with one attached hydrogen (secondary N) is 1. The zero-order valence-electron chi connectivity index (χ0n) is 11.8. The second kappa shape index (κ2) is 5.81. The first-order valence-electron chi connectivity index (χ1n) is 7.80. The van der Waals surface area contributed by atoms with Crippen molar-refractivity contribution >= 4 is 0 Å². The Bertz CT molecular complexity index is 326. The highest BCUT2D eigenvalue weighted by Crippen LogP contribution is 2.29. The highest BCUT2D eigenvalue weighted by molar-refractivity contribution is 4.97. The van der Waals surface area contributed by atoms with Crippen molar-refractivity contribution in [2.45, 2.75) is 56.4 Å². The fourth-order valence-electron chi connectivity index (χ4n) is 4.09. The quantitative estimate of drug-likeness (QED) is 0.856. The molecule has 6 heteroatoms. The van der Waals surface area contributed by atoms with Gasteiger partial charge in [0.15, 0.2) is 0 Å². The van der Waals surface area contributed by atoms with Gasteiger partial charge < -0.3 is 5.32 Å². The van der Waals surface area contributed by atoms with E-state index in [-0.39, 0.29) is 0 Å². The molecule has 1 N–H and O–H groups in total. The molecule has 0 aromatic heterocycles. The minimum atomic E-state index is -4.06. The van der Waals surface area contributed by atoms with Crippen molar-refractivity contribution in [3.05, 3.63) is 0 Å². The van der Waals surface area contributed by atoms with E-state index in [4.69, 9.17) is 0 Å². The first kappa shape index (κ1) is 14.6. The zero-order valence-corrected chi connectivity index (χ0v) is 11.8. The molecule has 2 unspecified atom stereocenters. The van der Waals surface area contributed by atoms with Crippen molar-refractivity contribution in [3.63, 3.8) is 0 Å². The molecule has 0 amide bonds. The molecule has 2 atom stereocenters. The summed E-state index contributed by atoms with van der Waals surface area (Å²) in [6.45, 7) is 2.80. The van der Waals surface area contributed by atoms with E-state index in [1.165, 1.54) is 37.3 Å². The van der Waals surface area contributed by atoms with Gasteiger partial charge in [0.1, 0.15) is 0 Å². The van der Waals surface area contributed by atoms with E-state index in [0.717, 1.165) is 12.8 Å². The lowest BCUT2D eigenvalue weighted by Gasteiger charge is -2.35. The smallest absolute Gasteiger partial charge is 0.310 e. The predicted octanol–water partition coefficient (Wildman–Crippen LogP) is 1.84. The summed E-state index contributed by atoms with van der Waals surface area (Å²) in [6, 6.07) is 1.66. The summed E-state index contributed by atoms with van der Waals surface area (Å²) in [7, 11) is 0. The molecule has 0 saturated carbocycles. The average molecular weight is 291 g/mol. The van der Waals surface area contributed by atoms with Crippen LogP contribution in [-0.2, 0) is 0 Å². The van der Waals surface area contributed by atoms with Gasteiger partial charge in [-0.1, -0.05) is 0 Å². The first-order valence-corrected chi connectivity index (χ1v) is 7.80. The Kier molecular flexibility index (Phi) is 4.24. The van der Waals surface area contributed by atoms with E-state index < -0.39 is 12.7 Å². The van der Waals surface area contributed by atoms with Gasteiger partial charge >= 0.3 is 6.18 Å². The molecule has 116 valence electrons. The highest BCUT2D eigenvalue weighted by Gasteiger charge is 2.38. The van der Waals surface area contributed by atoms with Crippen LogP contribution in [0.25, 0.3) is 0 Å². The van der Waals surface area contributed by atoms with E-state index in [9.17, 15) is 13.2 Å². The molecule has 0 aromatic carbocycles. The van der Waals surface area contributed by atoms with Gasteiger partial charge in [0.05, 0.1) is 6.54 Å². The molecule has 3 rings (SSSR count). The number of hydrogen-bond acceptors (Lipinski definition) is 3. The molecule has 0 aromatic rings. The van der Waals surface area contributed by atoms with E-state index >= 15 is 0 Å². The third-order valence-corrected chi connectivity index (χ3v) is 5.05. The van der Waals surface area contributed by atoms with Gasteiger partial charge in [-0.2, -0.15) is 13.2 Å². The van der Waals surface area contributed by atoms with Crippen molar-refractivity contribution in [1.82, 2.24) is 15.1 Å². The monoisotopic (exact) mass is 291 g/mol. The predicted molar refractivity (Wildman–Crippen MR) is 71.7 cm³/mol. The molecular weight excluding hydrogens is 267 g/mol. The minimum absolute atomic E-state index is 0.407. The fourth-order valence-corrected chi connectivity index (χ4v) is 4.09. The lowest BCUT2D eigenvalue weighted by Crippen LogP contribution is -2.50. The van der Waals surface area contributed by atoms with Crippen LogP contribution in [0, 0.1) is 0 Å². The number of hydrogen-bond donors (Lipinski definition) is 1. The maximum absolute atomic E-state index is 12.3. The van der Waals surface area contributed by atoms with Crippen LogP contribution in [0.1, 0.15) is 32.1 Å². The summed E-state index contributed by atoms with van der Waals surface area (Å²) in [5.74, 6) is 0. The highest BCUT2D eigenvalue weighted by atomic mass is 19.4. The number of nitrogens with zero attached hydrogens (tertiary/aromatic N) is 2. The molecule has 0 spiro atoms.